The van der Waals surface area contributed by atoms with Crippen molar-refractivity contribution in [3.63, 3.8) is 0 Å². The van der Waals surface area contributed by atoms with Crippen molar-refractivity contribution in [3.8, 4) is 11.5 Å². The summed E-state index contributed by atoms with van der Waals surface area (Å²) in [6, 6.07) is 5.89. The maximum atomic E-state index is 5.58. The molecule has 0 saturated heterocycles. The molecule has 1 N–H and O–H groups in total. The van der Waals surface area contributed by atoms with Crippen LogP contribution in [0.3, 0.4) is 0 Å². The minimum atomic E-state index is 0.628. The van der Waals surface area contributed by atoms with E-state index in [2.05, 4.69) is 12.2 Å². The molecule has 0 aromatic heterocycles. The molecule has 4 heteroatoms. The molecule has 0 spiro atoms. The first-order valence-electron chi connectivity index (χ1n) is 7.03. The van der Waals surface area contributed by atoms with Crippen molar-refractivity contribution in [2.24, 2.45) is 0 Å². The molecule has 108 valence electrons. The van der Waals surface area contributed by atoms with E-state index in [9.17, 15) is 0 Å². The highest BCUT2D eigenvalue weighted by atomic mass is 16.5. The number of ether oxygens (including phenoxy) is 3. The molecule has 0 aliphatic rings. The topological polar surface area (TPSA) is 39.7 Å². The van der Waals surface area contributed by atoms with Crippen LogP contribution in [0.2, 0.25) is 0 Å². The maximum Gasteiger partial charge on any atom is 0.163 e. The number of hydrogen-bond acceptors (Lipinski definition) is 4. The Morgan fingerprint density at radius 1 is 0.947 bits per heavy atom. The standard InChI is InChI=1S/C15H25NO3/c1-4-10-17-11-9-16-13-7-8-14(18-5-2)15(12-13)19-6-3/h7-8,12,16H,4-6,9-11H2,1-3H3. The van der Waals surface area contributed by atoms with Gasteiger partial charge in [0.2, 0.25) is 0 Å². The molecule has 0 atom stereocenters. The highest BCUT2D eigenvalue weighted by Crippen LogP contribution is 2.30. The first-order chi connectivity index (χ1) is 9.31. The lowest BCUT2D eigenvalue weighted by molar-refractivity contribution is 0.144. The minimum Gasteiger partial charge on any atom is -0.490 e. The van der Waals surface area contributed by atoms with E-state index < -0.39 is 0 Å². The molecule has 0 fully saturated rings. The van der Waals surface area contributed by atoms with Crippen LogP contribution in [-0.4, -0.2) is 33.0 Å². The monoisotopic (exact) mass is 267 g/mol. The van der Waals surface area contributed by atoms with Gasteiger partial charge in [-0.2, -0.15) is 0 Å². The minimum absolute atomic E-state index is 0.628. The Kier molecular flexibility index (Phi) is 7.82. The predicted molar refractivity (Wildman–Crippen MR) is 78.4 cm³/mol. The average Bonchev–Trinajstić information content (AvgIpc) is 2.42. The molecular formula is C15H25NO3. The summed E-state index contributed by atoms with van der Waals surface area (Å²) in [6.45, 7) is 9.62. The summed E-state index contributed by atoms with van der Waals surface area (Å²) in [5, 5.41) is 3.31. The molecular weight excluding hydrogens is 242 g/mol. The Labute approximate surface area is 116 Å². The first-order valence-corrected chi connectivity index (χ1v) is 7.03. The maximum absolute atomic E-state index is 5.58. The van der Waals surface area contributed by atoms with E-state index in [4.69, 9.17) is 14.2 Å². The molecule has 0 amide bonds. The third kappa shape index (κ3) is 5.83. The van der Waals surface area contributed by atoms with Gasteiger partial charge in [-0.3, -0.25) is 0 Å². The van der Waals surface area contributed by atoms with E-state index in [0.29, 0.717) is 19.8 Å². The molecule has 4 nitrogen and oxygen atoms in total. The molecule has 0 heterocycles. The van der Waals surface area contributed by atoms with Crippen molar-refractivity contribution in [1.29, 1.82) is 0 Å². The van der Waals surface area contributed by atoms with Gasteiger partial charge in [0.1, 0.15) is 0 Å². The van der Waals surface area contributed by atoms with E-state index >= 15 is 0 Å². The number of hydrogen-bond donors (Lipinski definition) is 1. The number of benzene rings is 1. The van der Waals surface area contributed by atoms with E-state index in [1.807, 2.05) is 32.0 Å². The van der Waals surface area contributed by atoms with E-state index in [1.54, 1.807) is 0 Å². The van der Waals surface area contributed by atoms with Gasteiger partial charge in [0.15, 0.2) is 11.5 Å². The summed E-state index contributed by atoms with van der Waals surface area (Å²) >= 11 is 0. The van der Waals surface area contributed by atoms with Crippen LogP contribution in [0.4, 0.5) is 5.69 Å². The lowest BCUT2D eigenvalue weighted by Crippen LogP contribution is -2.10. The Balaban J connectivity index is 2.51. The Bertz CT molecular complexity index is 355. The van der Waals surface area contributed by atoms with Crippen LogP contribution in [0.15, 0.2) is 18.2 Å². The number of anilines is 1. The van der Waals surface area contributed by atoms with Crippen LogP contribution in [0.25, 0.3) is 0 Å². The predicted octanol–water partition coefficient (Wildman–Crippen LogP) is 3.32. The average molecular weight is 267 g/mol. The third-order valence-electron chi connectivity index (χ3n) is 2.47. The Hall–Kier alpha value is -1.42. The first kappa shape index (κ1) is 15.6. The van der Waals surface area contributed by atoms with Gasteiger partial charge in [0.25, 0.3) is 0 Å². The lowest BCUT2D eigenvalue weighted by atomic mass is 10.2. The zero-order valence-corrected chi connectivity index (χ0v) is 12.2. The van der Waals surface area contributed by atoms with Crippen LogP contribution in [0, 0.1) is 0 Å². The van der Waals surface area contributed by atoms with Crippen molar-refractivity contribution in [1.82, 2.24) is 0 Å². The molecule has 0 saturated carbocycles. The van der Waals surface area contributed by atoms with Gasteiger partial charge >= 0.3 is 0 Å². The van der Waals surface area contributed by atoms with Gasteiger partial charge in [-0.15, -0.1) is 0 Å². The van der Waals surface area contributed by atoms with Crippen molar-refractivity contribution in [2.75, 3.05) is 38.3 Å². The van der Waals surface area contributed by atoms with Gasteiger partial charge in [-0.25, -0.2) is 0 Å². The largest absolute Gasteiger partial charge is 0.490 e. The zero-order chi connectivity index (χ0) is 13.9. The highest BCUT2D eigenvalue weighted by Gasteiger charge is 2.05. The van der Waals surface area contributed by atoms with Gasteiger partial charge in [0, 0.05) is 24.9 Å². The van der Waals surface area contributed by atoms with Crippen LogP contribution >= 0.6 is 0 Å². The van der Waals surface area contributed by atoms with E-state index in [-0.39, 0.29) is 0 Å². The summed E-state index contributed by atoms with van der Waals surface area (Å²) in [7, 11) is 0. The lowest BCUT2D eigenvalue weighted by Gasteiger charge is -2.13. The van der Waals surface area contributed by atoms with Gasteiger partial charge in [-0.05, 0) is 32.4 Å². The highest BCUT2D eigenvalue weighted by molar-refractivity contribution is 5.54. The number of nitrogens with one attached hydrogen (secondary N) is 1. The summed E-state index contributed by atoms with van der Waals surface area (Å²) < 4.78 is 16.5. The second-order valence-electron chi connectivity index (χ2n) is 4.07. The van der Waals surface area contributed by atoms with Crippen molar-refractivity contribution in [3.05, 3.63) is 18.2 Å². The molecule has 1 aromatic rings. The fourth-order valence-electron chi connectivity index (χ4n) is 1.68. The molecule has 1 aromatic carbocycles. The fourth-order valence-corrected chi connectivity index (χ4v) is 1.68. The van der Waals surface area contributed by atoms with Gasteiger partial charge < -0.3 is 19.5 Å². The van der Waals surface area contributed by atoms with Crippen LogP contribution in [0.5, 0.6) is 11.5 Å². The van der Waals surface area contributed by atoms with Gasteiger partial charge in [0.05, 0.1) is 19.8 Å². The summed E-state index contributed by atoms with van der Waals surface area (Å²) in [5.41, 5.74) is 1.02. The Morgan fingerprint density at radius 2 is 1.68 bits per heavy atom. The van der Waals surface area contributed by atoms with Gasteiger partial charge in [-0.1, -0.05) is 6.92 Å². The number of rotatable bonds is 10. The second kappa shape index (κ2) is 9.50. The van der Waals surface area contributed by atoms with Crippen LogP contribution in [-0.2, 0) is 4.74 Å². The molecule has 0 aliphatic heterocycles. The third-order valence-corrected chi connectivity index (χ3v) is 2.47. The smallest absolute Gasteiger partial charge is 0.163 e. The summed E-state index contributed by atoms with van der Waals surface area (Å²) in [4.78, 5) is 0. The van der Waals surface area contributed by atoms with Crippen LogP contribution in [0.1, 0.15) is 27.2 Å². The molecule has 0 aliphatic carbocycles. The Morgan fingerprint density at radius 3 is 2.37 bits per heavy atom. The van der Waals surface area contributed by atoms with E-state index in [1.165, 1.54) is 0 Å². The molecule has 0 unspecified atom stereocenters. The fraction of sp³-hybridized carbons (Fsp3) is 0.600. The second-order valence-corrected chi connectivity index (χ2v) is 4.07. The summed E-state index contributed by atoms with van der Waals surface area (Å²) in [5.74, 6) is 1.57. The SMILES string of the molecule is CCCOCCNc1ccc(OCC)c(OCC)c1. The van der Waals surface area contributed by atoms with Crippen molar-refractivity contribution >= 4 is 5.69 Å². The van der Waals surface area contributed by atoms with Crippen LogP contribution < -0.4 is 14.8 Å². The quantitative estimate of drug-likeness (QED) is 0.660. The van der Waals surface area contributed by atoms with Crippen molar-refractivity contribution in [2.45, 2.75) is 27.2 Å². The molecule has 1 rings (SSSR count). The van der Waals surface area contributed by atoms with Crippen molar-refractivity contribution < 1.29 is 14.2 Å². The summed E-state index contributed by atoms with van der Waals surface area (Å²) in [6.07, 6.45) is 1.05. The molecule has 0 radical (unpaired) electrons. The molecule has 0 bridgehead atoms. The molecule has 19 heavy (non-hydrogen) atoms. The normalized spacial score (nSPS) is 10.3. The van der Waals surface area contributed by atoms with E-state index in [0.717, 1.165) is 36.8 Å². The zero-order valence-electron chi connectivity index (χ0n) is 12.2.